The molecule has 3 nitrogen and oxygen atoms in total. The van der Waals surface area contributed by atoms with Gasteiger partial charge in [0.2, 0.25) is 0 Å². The number of benzene rings is 2. The molecule has 0 aromatic heterocycles. The molecule has 3 heteroatoms. The lowest BCUT2D eigenvalue weighted by molar-refractivity contribution is 0.127. The van der Waals surface area contributed by atoms with Crippen molar-refractivity contribution in [2.24, 2.45) is 5.92 Å². The molecule has 0 aliphatic heterocycles. The zero-order valence-corrected chi connectivity index (χ0v) is 13.2. The molecule has 1 N–H and O–H groups in total. The molecule has 114 valence electrons. The Morgan fingerprint density at radius 3 is 2.00 bits per heavy atom. The van der Waals surface area contributed by atoms with E-state index in [2.05, 4.69) is 0 Å². The Labute approximate surface area is 126 Å². The van der Waals surface area contributed by atoms with E-state index in [4.69, 9.17) is 9.47 Å². The fourth-order valence-electron chi connectivity index (χ4n) is 2.38. The van der Waals surface area contributed by atoms with Crippen LogP contribution in [0.25, 0.3) is 10.8 Å². The molecule has 2 aromatic rings. The summed E-state index contributed by atoms with van der Waals surface area (Å²) in [5.74, 6) is 1.71. The van der Waals surface area contributed by atoms with Gasteiger partial charge < -0.3 is 14.6 Å². The van der Waals surface area contributed by atoms with E-state index in [9.17, 15) is 5.11 Å². The van der Waals surface area contributed by atoms with E-state index < -0.39 is 6.10 Å². The highest BCUT2D eigenvalue weighted by molar-refractivity contribution is 5.86. The minimum atomic E-state index is -0.448. The van der Waals surface area contributed by atoms with Crippen LogP contribution in [0.15, 0.2) is 30.3 Å². The lowest BCUT2D eigenvalue weighted by atomic mass is 9.96. The fraction of sp³-hybridized carbons (Fsp3) is 0.444. The molecule has 2 rings (SSSR count). The number of aliphatic hydroxyl groups is 1. The van der Waals surface area contributed by atoms with Gasteiger partial charge in [-0.15, -0.1) is 0 Å². The first-order chi connectivity index (χ1) is 10.1. The summed E-state index contributed by atoms with van der Waals surface area (Å²) in [7, 11) is 0. The Balaban J connectivity index is 2.49. The summed E-state index contributed by atoms with van der Waals surface area (Å²) < 4.78 is 11.3. The predicted octanol–water partition coefficient (Wildman–Crippen LogP) is 4.33. The van der Waals surface area contributed by atoms with Crippen LogP contribution in [0.5, 0.6) is 11.5 Å². The molecule has 1 unspecified atom stereocenters. The molecule has 0 radical (unpaired) electrons. The molecule has 0 saturated heterocycles. The lowest BCUT2D eigenvalue weighted by Gasteiger charge is -2.16. The molecule has 0 bridgehead atoms. The molecule has 0 amide bonds. The minimum Gasteiger partial charge on any atom is -0.490 e. The van der Waals surface area contributed by atoms with Gasteiger partial charge in [0.1, 0.15) is 0 Å². The van der Waals surface area contributed by atoms with Crippen molar-refractivity contribution in [3.8, 4) is 11.5 Å². The first-order valence-electron chi connectivity index (χ1n) is 7.58. The SMILES string of the molecule is CCOc1cc2ccc(C(O)C(C)C)cc2cc1OCC. The zero-order chi connectivity index (χ0) is 15.4. The van der Waals surface area contributed by atoms with Gasteiger partial charge in [0, 0.05) is 0 Å². The maximum absolute atomic E-state index is 10.2. The molecule has 0 saturated carbocycles. The van der Waals surface area contributed by atoms with Gasteiger partial charge in [-0.1, -0.05) is 26.0 Å². The van der Waals surface area contributed by atoms with Crippen LogP contribution in [0.3, 0.4) is 0 Å². The second-order valence-electron chi connectivity index (χ2n) is 5.46. The monoisotopic (exact) mass is 288 g/mol. The van der Waals surface area contributed by atoms with Gasteiger partial charge in [-0.25, -0.2) is 0 Å². The Kier molecular flexibility index (Phi) is 5.07. The maximum Gasteiger partial charge on any atom is 0.161 e. The largest absolute Gasteiger partial charge is 0.490 e. The van der Waals surface area contributed by atoms with Gasteiger partial charge in [-0.2, -0.15) is 0 Å². The van der Waals surface area contributed by atoms with E-state index in [1.807, 2.05) is 58.0 Å². The van der Waals surface area contributed by atoms with Crippen LogP contribution in [-0.4, -0.2) is 18.3 Å². The number of hydrogen-bond acceptors (Lipinski definition) is 3. The number of rotatable bonds is 6. The molecular formula is C18H24O3. The molecule has 0 heterocycles. The van der Waals surface area contributed by atoms with Crippen molar-refractivity contribution in [1.29, 1.82) is 0 Å². The molecule has 2 aromatic carbocycles. The van der Waals surface area contributed by atoms with E-state index in [0.717, 1.165) is 27.8 Å². The third kappa shape index (κ3) is 3.48. The van der Waals surface area contributed by atoms with Crippen molar-refractivity contribution >= 4 is 10.8 Å². The van der Waals surface area contributed by atoms with Crippen LogP contribution >= 0.6 is 0 Å². The van der Waals surface area contributed by atoms with Crippen molar-refractivity contribution in [2.45, 2.75) is 33.8 Å². The van der Waals surface area contributed by atoms with E-state index >= 15 is 0 Å². The number of hydrogen-bond donors (Lipinski definition) is 1. The van der Waals surface area contributed by atoms with Crippen LogP contribution < -0.4 is 9.47 Å². The molecule has 1 atom stereocenters. The highest BCUT2D eigenvalue weighted by Gasteiger charge is 2.13. The van der Waals surface area contributed by atoms with Gasteiger partial charge in [0.15, 0.2) is 11.5 Å². The Morgan fingerprint density at radius 1 is 0.905 bits per heavy atom. The molecule has 0 aliphatic rings. The van der Waals surface area contributed by atoms with Gasteiger partial charge in [-0.3, -0.25) is 0 Å². The first kappa shape index (κ1) is 15.6. The molecule has 0 fully saturated rings. The third-order valence-electron chi connectivity index (χ3n) is 3.50. The topological polar surface area (TPSA) is 38.7 Å². The van der Waals surface area contributed by atoms with Crippen molar-refractivity contribution in [3.63, 3.8) is 0 Å². The predicted molar refractivity (Wildman–Crippen MR) is 86.1 cm³/mol. The molecular weight excluding hydrogens is 264 g/mol. The highest BCUT2D eigenvalue weighted by atomic mass is 16.5. The maximum atomic E-state index is 10.2. The zero-order valence-electron chi connectivity index (χ0n) is 13.2. The van der Waals surface area contributed by atoms with Gasteiger partial charge in [0.05, 0.1) is 19.3 Å². The average Bonchev–Trinajstić information content (AvgIpc) is 2.47. The number of ether oxygens (including phenoxy) is 2. The van der Waals surface area contributed by atoms with E-state index in [-0.39, 0.29) is 5.92 Å². The molecule has 21 heavy (non-hydrogen) atoms. The summed E-state index contributed by atoms with van der Waals surface area (Å²) >= 11 is 0. The van der Waals surface area contributed by atoms with Gasteiger partial charge >= 0.3 is 0 Å². The summed E-state index contributed by atoms with van der Waals surface area (Å²) in [4.78, 5) is 0. The van der Waals surface area contributed by atoms with Crippen LogP contribution in [0, 0.1) is 5.92 Å². The van der Waals surface area contributed by atoms with Gasteiger partial charge in [0.25, 0.3) is 0 Å². The highest BCUT2D eigenvalue weighted by Crippen LogP contribution is 2.34. The van der Waals surface area contributed by atoms with E-state index in [0.29, 0.717) is 13.2 Å². The van der Waals surface area contributed by atoms with Gasteiger partial charge in [-0.05, 0) is 54.3 Å². The van der Waals surface area contributed by atoms with Crippen LogP contribution in [0.2, 0.25) is 0 Å². The Hall–Kier alpha value is -1.74. The second-order valence-corrected chi connectivity index (χ2v) is 5.46. The van der Waals surface area contributed by atoms with E-state index in [1.165, 1.54) is 0 Å². The summed E-state index contributed by atoms with van der Waals surface area (Å²) in [5.41, 5.74) is 0.934. The standard InChI is InChI=1S/C18H24O3/c1-5-20-16-10-13-7-8-14(18(19)12(3)4)9-15(13)11-17(16)21-6-2/h7-12,18-19H,5-6H2,1-4H3. The third-order valence-corrected chi connectivity index (χ3v) is 3.50. The van der Waals surface area contributed by atoms with E-state index in [1.54, 1.807) is 0 Å². The summed E-state index contributed by atoms with van der Waals surface area (Å²) in [6, 6.07) is 10.0. The lowest BCUT2D eigenvalue weighted by Crippen LogP contribution is -2.05. The number of aliphatic hydroxyl groups excluding tert-OH is 1. The minimum absolute atomic E-state index is 0.191. The second kappa shape index (κ2) is 6.81. The summed E-state index contributed by atoms with van der Waals surface area (Å²) in [6.07, 6.45) is -0.448. The fourth-order valence-corrected chi connectivity index (χ4v) is 2.38. The van der Waals surface area contributed by atoms with Crippen molar-refractivity contribution in [1.82, 2.24) is 0 Å². The summed E-state index contributed by atoms with van der Waals surface area (Å²) in [5, 5.41) is 12.4. The smallest absolute Gasteiger partial charge is 0.161 e. The quantitative estimate of drug-likeness (QED) is 0.860. The molecule has 0 spiro atoms. The van der Waals surface area contributed by atoms with Crippen molar-refractivity contribution < 1.29 is 14.6 Å². The average molecular weight is 288 g/mol. The van der Waals surface area contributed by atoms with Crippen molar-refractivity contribution in [3.05, 3.63) is 35.9 Å². The van der Waals surface area contributed by atoms with Crippen LogP contribution in [-0.2, 0) is 0 Å². The van der Waals surface area contributed by atoms with Crippen molar-refractivity contribution in [2.75, 3.05) is 13.2 Å². The van der Waals surface area contributed by atoms with Crippen LogP contribution in [0.1, 0.15) is 39.4 Å². The summed E-state index contributed by atoms with van der Waals surface area (Å²) in [6.45, 7) is 9.15. The number of fused-ring (bicyclic) bond motifs is 1. The Morgan fingerprint density at radius 2 is 1.48 bits per heavy atom. The first-order valence-corrected chi connectivity index (χ1v) is 7.58. The Bertz CT molecular complexity index is 605. The molecule has 0 aliphatic carbocycles. The normalized spacial score (nSPS) is 12.7. The van der Waals surface area contributed by atoms with Crippen LogP contribution in [0.4, 0.5) is 0 Å².